The van der Waals surface area contributed by atoms with Crippen molar-refractivity contribution >= 4 is 28.5 Å². The average Bonchev–Trinajstić information content (AvgIpc) is 2.71. The van der Waals surface area contributed by atoms with Crippen molar-refractivity contribution in [2.24, 2.45) is 0 Å². The van der Waals surface area contributed by atoms with E-state index in [-0.39, 0.29) is 11.5 Å². The first kappa shape index (κ1) is 20.6. The molecule has 0 saturated carbocycles. The molecule has 1 aromatic heterocycles. The molecule has 30 heavy (non-hydrogen) atoms. The third-order valence-corrected chi connectivity index (χ3v) is 6.11. The fraction of sp³-hybridized carbons (Fsp3) is 0.333. The van der Waals surface area contributed by atoms with Gasteiger partial charge in [-0.2, -0.15) is 0 Å². The zero-order chi connectivity index (χ0) is 21.3. The summed E-state index contributed by atoms with van der Waals surface area (Å²) < 4.78 is 5.35. The van der Waals surface area contributed by atoms with Crippen LogP contribution in [0.3, 0.4) is 0 Å². The average molecular weight is 425 g/mol. The molecule has 3 aromatic rings. The third-order valence-electron chi connectivity index (χ3n) is 5.70. The van der Waals surface area contributed by atoms with Crippen LogP contribution in [-0.2, 0) is 17.8 Å². The second-order valence-electron chi connectivity index (χ2n) is 8.01. The molecule has 0 N–H and O–H groups in total. The summed E-state index contributed by atoms with van der Waals surface area (Å²) in [7, 11) is 0. The van der Waals surface area contributed by atoms with Crippen molar-refractivity contribution in [2.75, 3.05) is 26.2 Å². The van der Waals surface area contributed by atoms with Gasteiger partial charge in [0.1, 0.15) is 5.58 Å². The number of aryl methyl sites for hydroxylation is 2. The maximum atomic E-state index is 12.6. The molecule has 0 spiro atoms. The van der Waals surface area contributed by atoms with Crippen molar-refractivity contribution in [2.45, 2.75) is 26.8 Å². The Labute approximate surface area is 180 Å². The van der Waals surface area contributed by atoms with Gasteiger partial charge in [-0.3, -0.25) is 9.69 Å². The van der Waals surface area contributed by atoms with Crippen LogP contribution < -0.4 is 5.63 Å². The first-order chi connectivity index (χ1) is 14.4. The fourth-order valence-corrected chi connectivity index (χ4v) is 4.03. The number of benzene rings is 2. The molecule has 0 radical (unpaired) electrons. The topological polar surface area (TPSA) is 53.8 Å². The summed E-state index contributed by atoms with van der Waals surface area (Å²) in [5, 5.41) is 1.52. The number of carbonyl (C=O) groups is 1. The predicted octanol–water partition coefficient (Wildman–Crippen LogP) is 3.95. The van der Waals surface area contributed by atoms with Crippen molar-refractivity contribution in [3.63, 3.8) is 0 Å². The lowest BCUT2D eigenvalue weighted by Gasteiger charge is -2.35. The van der Waals surface area contributed by atoms with Gasteiger partial charge in [-0.1, -0.05) is 41.4 Å². The Morgan fingerprint density at radius 3 is 2.43 bits per heavy atom. The van der Waals surface area contributed by atoms with Crippen molar-refractivity contribution < 1.29 is 9.21 Å². The molecule has 5 nitrogen and oxygen atoms in total. The number of amides is 1. The molecule has 4 rings (SSSR count). The number of piperazine rings is 1. The predicted molar refractivity (Wildman–Crippen MR) is 119 cm³/mol. The number of halogens is 1. The molecule has 0 aliphatic carbocycles. The largest absolute Gasteiger partial charge is 0.423 e. The van der Waals surface area contributed by atoms with E-state index in [1.807, 2.05) is 55.1 Å². The van der Waals surface area contributed by atoms with Gasteiger partial charge >= 0.3 is 5.63 Å². The summed E-state index contributed by atoms with van der Waals surface area (Å²) in [5.41, 5.74) is 4.23. The molecule has 2 heterocycles. The van der Waals surface area contributed by atoms with E-state index in [0.717, 1.165) is 35.2 Å². The fourth-order valence-electron chi connectivity index (χ4n) is 3.87. The van der Waals surface area contributed by atoms with E-state index in [2.05, 4.69) is 4.90 Å². The molecule has 1 aliphatic rings. The second-order valence-corrected chi connectivity index (χ2v) is 8.41. The Balaban J connectivity index is 1.41. The third kappa shape index (κ3) is 4.58. The van der Waals surface area contributed by atoms with Gasteiger partial charge < -0.3 is 9.32 Å². The standard InChI is InChI=1S/C24H25ClN2O3/c1-16-3-5-18(6-4-16)12-23(28)27-9-7-26(8-10-27)15-19-13-24(29)30-22-11-17(2)21(25)14-20(19)22/h3-6,11,13-14H,7-10,12,15H2,1-2H3. The Kier molecular flexibility index (Phi) is 5.93. The van der Waals surface area contributed by atoms with Crippen LogP contribution in [0.5, 0.6) is 0 Å². The molecular weight excluding hydrogens is 400 g/mol. The van der Waals surface area contributed by atoms with Gasteiger partial charge in [-0.15, -0.1) is 0 Å². The molecule has 1 aliphatic heterocycles. The number of hydrogen-bond acceptors (Lipinski definition) is 4. The summed E-state index contributed by atoms with van der Waals surface area (Å²) in [5.74, 6) is 0.159. The molecular formula is C24H25ClN2O3. The van der Waals surface area contributed by atoms with E-state index in [4.69, 9.17) is 16.0 Å². The Morgan fingerprint density at radius 2 is 1.73 bits per heavy atom. The highest BCUT2D eigenvalue weighted by atomic mass is 35.5. The van der Waals surface area contributed by atoms with Gasteiger partial charge in [0.15, 0.2) is 0 Å². The lowest BCUT2D eigenvalue weighted by molar-refractivity contribution is -0.132. The van der Waals surface area contributed by atoms with Crippen molar-refractivity contribution in [3.8, 4) is 0 Å². The van der Waals surface area contributed by atoms with Crippen LogP contribution in [0.2, 0.25) is 5.02 Å². The monoisotopic (exact) mass is 424 g/mol. The molecule has 2 aromatic carbocycles. The Hall–Kier alpha value is -2.63. The van der Waals surface area contributed by atoms with E-state index in [1.54, 1.807) is 6.07 Å². The summed E-state index contributed by atoms with van der Waals surface area (Å²) in [6.07, 6.45) is 0.433. The molecule has 0 bridgehead atoms. The molecule has 6 heteroatoms. The number of fused-ring (bicyclic) bond motifs is 1. The highest BCUT2D eigenvalue weighted by Gasteiger charge is 2.22. The molecule has 1 saturated heterocycles. The maximum Gasteiger partial charge on any atom is 0.336 e. The van der Waals surface area contributed by atoms with Gasteiger partial charge in [-0.05, 0) is 42.7 Å². The van der Waals surface area contributed by atoms with Gasteiger partial charge in [0, 0.05) is 49.2 Å². The minimum atomic E-state index is -0.355. The Morgan fingerprint density at radius 1 is 1.03 bits per heavy atom. The van der Waals surface area contributed by atoms with Gasteiger partial charge in [0.25, 0.3) is 0 Å². The molecule has 0 atom stereocenters. The maximum absolute atomic E-state index is 12.6. The van der Waals surface area contributed by atoms with Gasteiger partial charge in [0.05, 0.1) is 6.42 Å². The number of hydrogen-bond donors (Lipinski definition) is 0. The van der Waals surface area contributed by atoms with E-state index >= 15 is 0 Å². The van der Waals surface area contributed by atoms with Crippen LogP contribution in [0.25, 0.3) is 11.0 Å². The molecule has 0 unspecified atom stereocenters. The normalized spacial score (nSPS) is 15.0. The summed E-state index contributed by atoms with van der Waals surface area (Å²) >= 11 is 6.29. The number of nitrogens with zero attached hydrogens (tertiary/aromatic N) is 2. The van der Waals surface area contributed by atoms with Crippen molar-refractivity contribution in [1.29, 1.82) is 0 Å². The quantitative estimate of drug-likeness (QED) is 0.595. The highest BCUT2D eigenvalue weighted by Crippen LogP contribution is 2.26. The van der Waals surface area contributed by atoms with Crippen LogP contribution in [0.4, 0.5) is 0 Å². The zero-order valence-corrected chi connectivity index (χ0v) is 18.0. The van der Waals surface area contributed by atoms with Gasteiger partial charge in [0.2, 0.25) is 5.91 Å². The number of rotatable bonds is 4. The van der Waals surface area contributed by atoms with Crippen LogP contribution in [-0.4, -0.2) is 41.9 Å². The highest BCUT2D eigenvalue weighted by molar-refractivity contribution is 6.32. The first-order valence-electron chi connectivity index (χ1n) is 10.2. The Bertz CT molecular complexity index is 1130. The smallest absolute Gasteiger partial charge is 0.336 e. The summed E-state index contributed by atoms with van der Waals surface area (Å²) in [6.45, 7) is 7.46. The van der Waals surface area contributed by atoms with Crippen molar-refractivity contribution in [1.82, 2.24) is 9.80 Å². The second kappa shape index (κ2) is 8.62. The van der Waals surface area contributed by atoms with E-state index < -0.39 is 0 Å². The van der Waals surface area contributed by atoms with Crippen LogP contribution in [0.1, 0.15) is 22.3 Å². The summed E-state index contributed by atoms with van der Waals surface area (Å²) in [4.78, 5) is 28.8. The van der Waals surface area contributed by atoms with E-state index in [9.17, 15) is 9.59 Å². The minimum Gasteiger partial charge on any atom is -0.423 e. The van der Waals surface area contributed by atoms with Crippen molar-refractivity contribution in [3.05, 3.63) is 80.2 Å². The minimum absolute atomic E-state index is 0.159. The van der Waals surface area contributed by atoms with E-state index in [1.165, 1.54) is 5.56 Å². The summed E-state index contributed by atoms with van der Waals surface area (Å²) in [6, 6.07) is 13.3. The lowest BCUT2D eigenvalue weighted by Crippen LogP contribution is -2.48. The number of carbonyl (C=O) groups excluding carboxylic acids is 1. The molecule has 1 amide bonds. The van der Waals surface area contributed by atoms with Crippen LogP contribution in [0.15, 0.2) is 51.7 Å². The van der Waals surface area contributed by atoms with E-state index in [0.29, 0.717) is 36.7 Å². The van der Waals surface area contributed by atoms with Crippen LogP contribution >= 0.6 is 11.6 Å². The molecule has 1 fully saturated rings. The first-order valence-corrected chi connectivity index (χ1v) is 10.6. The molecule has 156 valence electrons. The van der Waals surface area contributed by atoms with Crippen LogP contribution in [0, 0.1) is 13.8 Å². The van der Waals surface area contributed by atoms with Gasteiger partial charge in [-0.25, -0.2) is 4.79 Å². The SMILES string of the molecule is Cc1ccc(CC(=O)N2CCN(Cc3cc(=O)oc4cc(C)c(Cl)cc34)CC2)cc1. The lowest BCUT2D eigenvalue weighted by atomic mass is 10.1. The zero-order valence-electron chi connectivity index (χ0n) is 17.3.